The molecule has 1 heterocycles. The Kier molecular flexibility index (Phi) is 3.84. The number of hydrogen-bond acceptors (Lipinski definition) is 1. The Morgan fingerprint density at radius 3 is 2.94 bits per heavy atom. The highest BCUT2D eigenvalue weighted by Gasteiger charge is 2.28. The van der Waals surface area contributed by atoms with Gasteiger partial charge < -0.3 is 4.90 Å². The van der Waals surface area contributed by atoms with E-state index in [1.165, 1.54) is 0 Å². The molecule has 1 aliphatic rings. The predicted octanol–water partition coefficient (Wildman–Crippen LogP) is 3.31. The Morgan fingerprint density at radius 1 is 1.50 bits per heavy atom. The van der Waals surface area contributed by atoms with Crippen LogP contribution in [0.25, 0.3) is 0 Å². The van der Waals surface area contributed by atoms with Crippen molar-refractivity contribution < 1.29 is 4.79 Å². The molecule has 1 unspecified atom stereocenters. The summed E-state index contributed by atoms with van der Waals surface area (Å²) in [5.41, 5.74) is 0.850. The van der Waals surface area contributed by atoms with Crippen molar-refractivity contribution in [2.45, 2.75) is 32.2 Å². The lowest BCUT2D eigenvalue weighted by Crippen LogP contribution is -2.35. The molecule has 2 nitrogen and oxygen atoms in total. The Bertz CT molecular complexity index is 391. The van der Waals surface area contributed by atoms with E-state index in [4.69, 9.17) is 0 Å². The van der Waals surface area contributed by atoms with Gasteiger partial charge in [0.2, 0.25) is 0 Å². The van der Waals surface area contributed by atoms with Crippen molar-refractivity contribution in [1.29, 1.82) is 0 Å². The Labute approximate surface area is 110 Å². The summed E-state index contributed by atoms with van der Waals surface area (Å²) in [5.74, 6) is 0.203. The summed E-state index contributed by atoms with van der Waals surface area (Å²) in [4.78, 5) is 14.4. The fourth-order valence-corrected chi connectivity index (χ4v) is 2.94. The number of hydrogen-bond donors (Lipinski definition) is 0. The van der Waals surface area contributed by atoms with Crippen molar-refractivity contribution in [3.63, 3.8) is 0 Å². The van der Waals surface area contributed by atoms with Crippen molar-refractivity contribution in [1.82, 2.24) is 4.90 Å². The molecule has 0 N–H and O–H groups in total. The second kappa shape index (κ2) is 5.17. The van der Waals surface area contributed by atoms with Gasteiger partial charge in [-0.15, -0.1) is 0 Å². The Balaban J connectivity index is 2.22. The molecule has 0 radical (unpaired) electrons. The average molecular weight is 329 g/mol. The van der Waals surface area contributed by atoms with Crippen molar-refractivity contribution in [2.75, 3.05) is 6.54 Å². The summed E-state index contributed by atoms with van der Waals surface area (Å²) in [6, 6.07) is 8.27. The van der Waals surface area contributed by atoms with Gasteiger partial charge in [-0.1, -0.05) is 19.1 Å². The van der Waals surface area contributed by atoms with E-state index in [1.54, 1.807) is 0 Å². The molecule has 0 aromatic heterocycles. The van der Waals surface area contributed by atoms with Crippen LogP contribution >= 0.6 is 22.6 Å². The maximum atomic E-state index is 12.4. The van der Waals surface area contributed by atoms with E-state index >= 15 is 0 Å². The molecule has 16 heavy (non-hydrogen) atoms. The predicted molar refractivity (Wildman–Crippen MR) is 73.5 cm³/mol. The van der Waals surface area contributed by atoms with E-state index in [-0.39, 0.29) is 5.91 Å². The lowest BCUT2D eigenvalue weighted by molar-refractivity contribution is 0.0732. The number of benzene rings is 1. The Hall–Kier alpha value is -0.580. The highest BCUT2D eigenvalue weighted by Crippen LogP contribution is 2.23. The zero-order valence-corrected chi connectivity index (χ0v) is 11.6. The van der Waals surface area contributed by atoms with Crippen LogP contribution in [-0.2, 0) is 0 Å². The summed E-state index contributed by atoms with van der Waals surface area (Å²) in [6.45, 7) is 3.08. The van der Waals surface area contributed by atoms with Gasteiger partial charge in [0.1, 0.15) is 0 Å². The molecule has 1 aliphatic heterocycles. The summed E-state index contributed by atoms with van der Waals surface area (Å²) in [7, 11) is 0. The third-order valence-electron chi connectivity index (χ3n) is 3.21. The van der Waals surface area contributed by atoms with Crippen LogP contribution in [0, 0.1) is 3.57 Å². The molecule has 0 saturated carbocycles. The van der Waals surface area contributed by atoms with Crippen molar-refractivity contribution in [2.24, 2.45) is 0 Å². The van der Waals surface area contributed by atoms with Gasteiger partial charge in [-0.25, -0.2) is 0 Å². The van der Waals surface area contributed by atoms with E-state index in [2.05, 4.69) is 29.5 Å². The molecule has 2 rings (SSSR count). The number of halogens is 1. The molecular weight excluding hydrogens is 313 g/mol. The molecule has 1 atom stereocenters. The number of likely N-dealkylation sites (tertiary alicyclic amines) is 1. The number of carbonyl (C=O) groups is 1. The minimum Gasteiger partial charge on any atom is -0.336 e. The van der Waals surface area contributed by atoms with Crippen molar-refractivity contribution >= 4 is 28.5 Å². The quantitative estimate of drug-likeness (QED) is 0.763. The smallest absolute Gasteiger partial charge is 0.255 e. The highest BCUT2D eigenvalue weighted by atomic mass is 127. The second-order valence-corrected chi connectivity index (χ2v) is 5.34. The van der Waals surface area contributed by atoms with E-state index < -0.39 is 0 Å². The molecular formula is C13H16INO. The van der Waals surface area contributed by atoms with Crippen molar-refractivity contribution in [3.05, 3.63) is 33.4 Å². The molecule has 1 fully saturated rings. The van der Waals surface area contributed by atoms with Crippen LogP contribution in [0.15, 0.2) is 24.3 Å². The van der Waals surface area contributed by atoms with Gasteiger partial charge in [0.15, 0.2) is 0 Å². The largest absolute Gasteiger partial charge is 0.336 e. The number of nitrogens with zero attached hydrogens (tertiary/aromatic N) is 1. The summed E-state index contributed by atoms with van der Waals surface area (Å²) >= 11 is 2.23. The van der Waals surface area contributed by atoms with E-state index in [0.29, 0.717) is 6.04 Å². The monoisotopic (exact) mass is 329 g/mol. The van der Waals surface area contributed by atoms with Crippen LogP contribution in [0.5, 0.6) is 0 Å². The molecule has 1 aromatic rings. The molecule has 1 saturated heterocycles. The lowest BCUT2D eigenvalue weighted by Gasteiger charge is -2.24. The van der Waals surface area contributed by atoms with Crippen LogP contribution in [-0.4, -0.2) is 23.4 Å². The van der Waals surface area contributed by atoms with Crippen LogP contribution in [0.1, 0.15) is 36.5 Å². The number of carbonyl (C=O) groups excluding carboxylic acids is 1. The zero-order valence-electron chi connectivity index (χ0n) is 9.45. The van der Waals surface area contributed by atoms with Crippen LogP contribution in [0.3, 0.4) is 0 Å². The first-order valence-electron chi connectivity index (χ1n) is 5.79. The molecule has 0 spiro atoms. The van der Waals surface area contributed by atoms with Gasteiger partial charge in [0, 0.05) is 16.2 Å². The first-order valence-corrected chi connectivity index (χ1v) is 6.87. The lowest BCUT2D eigenvalue weighted by atomic mass is 10.1. The minimum atomic E-state index is 0.203. The number of amides is 1. The van der Waals surface area contributed by atoms with Gasteiger partial charge in [-0.3, -0.25) is 4.79 Å². The van der Waals surface area contributed by atoms with Crippen LogP contribution in [0.4, 0.5) is 0 Å². The topological polar surface area (TPSA) is 20.3 Å². The van der Waals surface area contributed by atoms with Gasteiger partial charge in [0.05, 0.1) is 5.56 Å². The molecule has 1 amide bonds. The molecule has 1 aromatic carbocycles. The van der Waals surface area contributed by atoms with Gasteiger partial charge >= 0.3 is 0 Å². The third-order valence-corrected chi connectivity index (χ3v) is 4.15. The average Bonchev–Trinajstić information content (AvgIpc) is 2.77. The van der Waals surface area contributed by atoms with Gasteiger partial charge in [-0.2, -0.15) is 0 Å². The van der Waals surface area contributed by atoms with E-state index in [9.17, 15) is 4.79 Å². The third kappa shape index (κ3) is 2.24. The molecule has 0 aliphatic carbocycles. The molecule has 86 valence electrons. The first-order chi connectivity index (χ1) is 7.74. The summed E-state index contributed by atoms with van der Waals surface area (Å²) < 4.78 is 1.05. The molecule has 3 heteroatoms. The molecule has 0 bridgehead atoms. The Morgan fingerprint density at radius 2 is 2.25 bits per heavy atom. The standard InChI is InChI=1S/C13H16INO/c1-2-10-6-5-9-15(10)13(16)11-7-3-4-8-12(11)14/h3-4,7-8,10H,2,5-6,9H2,1H3. The minimum absolute atomic E-state index is 0.203. The first kappa shape index (κ1) is 11.9. The van der Waals surface area contributed by atoms with Crippen LogP contribution in [0.2, 0.25) is 0 Å². The van der Waals surface area contributed by atoms with Crippen molar-refractivity contribution in [3.8, 4) is 0 Å². The van der Waals surface area contributed by atoms with Gasteiger partial charge in [-0.05, 0) is 54.0 Å². The number of rotatable bonds is 2. The van der Waals surface area contributed by atoms with E-state index in [0.717, 1.165) is 34.9 Å². The van der Waals surface area contributed by atoms with Crippen LogP contribution < -0.4 is 0 Å². The second-order valence-electron chi connectivity index (χ2n) is 4.18. The highest BCUT2D eigenvalue weighted by molar-refractivity contribution is 14.1. The fraction of sp³-hybridized carbons (Fsp3) is 0.462. The SMILES string of the molecule is CCC1CCCN1C(=O)c1ccccc1I. The van der Waals surface area contributed by atoms with Gasteiger partial charge in [0.25, 0.3) is 5.91 Å². The summed E-state index contributed by atoms with van der Waals surface area (Å²) in [5, 5.41) is 0. The maximum absolute atomic E-state index is 12.4. The summed E-state index contributed by atoms with van der Waals surface area (Å²) in [6.07, 6.45) is 3.37. The maximum Gasteiger partial charge on any atom is 0.255 e. The fourth-order valence-electron chi connectivity index (χ4n) is 2.32. The zero-order chi connectivity index (χ0) is 11.5. The van der Waals surface area contributed by atoms with E-state index in [1.807, 2.05) is 29.2 Å². The normalized spacial score (nSPS) is 20.1.